The zero-order valence-corrected chi connectivity index (χ0v) is 14.2. The van der Waals surface area contributed by atoms with Crippen LogP contribution in [0.4, 0.5) is 10.8 Å². The molecule has 0 bridgehead atoms. The first kappa shape index (κ1) is 15.6. The highest BCUT2D eigenvalue weighted by Crippen LogP contribution is 2.35. The van der Waals surface area contributed by atoms with E-state index in [9.17, 15) is 9.59 Å². The summed E-state index contributed by atoms with van der Waals surface area (Å²) in [6, 6.07) is 13.0. The highest BCUT2D eigenvalue weighted by atomic mass is 32.1. The topological polar surface area (TPSA) is 80.3 Å². The Bertz CT molecular complexity index is 983. The Kier molecular flexibility index (Phi) is 3.85. The smallest absolute Gasteiger partial charge is 0.234 e. The lowest BCUT2D eigenvalue weighted by atomic mass is 9.90. The Morgan fingerprint density at radius 1 is 1.28 bits per heavy atom. The molecule has 25 heavy (non-hydrogen) atoms. The molecule has 0 spiro atoms. The number of benzene rings is 2. The van der Waals surface area contributed by atoms with Crippen molar-refractivity contribution < 1.29 is 14.3 Å². The molecule has 0 saturated carbocycles. The molecule has 2 N–H and O–H groups in total. The van der Waals surface area contributed by atoms with Gasteiger partial charge >= 0.3 is 0 Å². The zero-order valence-electron chi connectivity index (χ0n) is 13.4. The number of para-hydroxylation sites is 2. The minimum atomic E-state index is -0.529. The van der Waals surface area contributed by atoms with Crippen molar-refractivity contribution in [3.8, 4) is 5.75 Å². The summed E-state index contributed by atoms with van der Waals surface area (Å²) in [5.74, 6) is -0.263. The molecule has 2 aromatic carbocycles. The number of nitrogens with one attached hydrogen (secondary N) is 2. The summed E-state index contributed by atoms with van der Waals surface area (Å²) in [5.41, 5.74) is 2.22. The van der Waals surface area contributed by atoms with Gasteiger partial charge in [0, 0.05) is 12.1 Å². The van der Waals surface area contributed by atoms with Crippen LogP contribution in [0.3, 0.4) is 0 Å². The van der Waals surface area contributed by atoms with Gasteiger partial charge in [0.05, 0.1) is 17.7 Å². The molecule has 0 radical (unpaired) electrons. The second-order valence-corrected chi connectivity index (χ2v) is 6.74. The lowest BCUT2D eigenvalue weighted by Crippen LogP contribution is -2.30. The summed E-state index contributed by atoms with van der Waals surface area (Å²) < 4.78 is 6.23. The second kappa shape index (κ2) is 6.18. The molecule has 0 fully saturated rings. The van der Waals surface area contributed by atoms with E-state index in [0.29, 0.717) is 22.1 Å². The van der Waals surface area contributed by atoms with Crippen LogP contribution in [-0.2, 0) is 9.59 Å². The first-order valence-electron chi connectivity index (χ1n) is 7.79. The second-order valence-electron chi connectivity index (χ2n) is 5.71. The lowest BCUT2D eigenvalue weighted by Gasteiger charge is -2.24. The minimum absolute atomic E-state index is 0.122. The van der Waals surface area contributed by atoms with Crippen LogP contribution >= 0.6 is 11.3 Å². The molecule has 7 heteroatoms. The standard InChI is InChI=1S/C18H15N3O3S/c1-24-13-7-4-8-14-16(13)20-18(25-14)21-17(23)11-9-15(22)19-12-6-3-2-5-10(11)12/h2-8,11H,9H2,1H3,(H,19,22)(H,20,21,23). The average Bonchev–Trinajstić information content (AvgIpc) is 3.03. The van der Waals surface area contributed by atoms with E-state index >= 15 is 0 Å². The number of hydrogen-bond acceptors (Lipinski definition) is 5. The highest BCUT2D eigenvalue weighted by Gasteiger charge is 2.30. The van der Waals surface area contributed by atoms with Gasteiger partial charge in [-0.25, -0.2) is 4.98 Å². The van der Waals surface area contributed by atoms with E-state index in [1.54, 1.807) is 13.2 Å². The number of methoxy groups -OCH3 is 1. The number of aromatic nitrogens is 1. The maximum atomic E-state index is 12.8. The number of anilines is 2. The molecule has 2 heterocycles. The predicted molar refractivity (Wildman–Crippen MR) is 97.2 cm³/mol. The predicted octanol–water partition coefficient (Wildman–Crippen LogP) is 3.37. The summed E-state index contributed by atoms with van der Waals surface area (Å²) in [6.45, 7) is 0. The molecule has 4 rings (SSSR count). The molecule has 6 nitrogen and oxygen atoms in total. The van der Waals surface area contributed by atoms with Crippen molar-refractivity contribution in [1.82, 2.24) is 4.98 Å². The molecule has 2 amide bonds. The Balaban J connectivity index is 1.63. The number of fused-ring (bicyclic) bond motifs is 2. The van der Waals surface area contributed by atoms with Crippen LogP contribution in [0.2, 0.25) is 0 Å². The van der Waals surface area contributed by atoms with E-state index in [1.807, 2.05) is 36.4 Å². The molecule has 126 valence electrons. The number of amides is 2. The monoisotopic (exact) mass is 353 g/mol. The third-order valence-electron chi connectivity index (χ3n) is 4.15. The fraction of sp³-hybridized carbons (Fsp3) is 0.167. The van der Waals surface area contributed by atoms with Crippen molar-refractivity contribution in [2.24, 2.45) is 0 Å². The summed E-state index contributed by atoms with van der Waals surface area (Å²) >= 11 is 1.38. The van der Waals surface area contributed by atoms with E-state index in [-0.39, 0.29) is 18.2 Å². The third kappa shape index (κ3) is 2.83. The van der Waals surface area contributed by atoms with Crippen LogP contribution < -0.4 is 15.4 Å². The summed E-state index contributed by atoms with van der Waals surface area (Å²) in [4.78, 5) is 29.1. The molecule has 1 aromatic heterocycles. The third-order valence-corrected chi connectivity index (χ3v) is 5.08. The van der Waals surface area contributed by atoms with Crippen LogP contribution in [0.1, 0.15) is 17.9 Å². The van der Waals surface area contributed by atoms with E-state index in [1.165, 1.54) is 11.3 Å². The minimum Gasteiger partial charge on any atom is -0.494 e. The number of rotatable bonds is 3. The fourth-order valence-corrected chi connectivity index (χ4v) is 3.87. The average molecular weight is 353 g/mol. The van der Waals surface area contributed by atoms with Crippen molar-refractivity contribution >= 4 is 44.2 Å². The number of ether oxygens (including phenoxy) is 1. The number of hydrogen-bond donors (Lipinski definition) is 2. The SMILES string of the molecule is COc1cccc2sc(NC(=O)C3CC(=O)Nc4ccccc43)nc12. The van der Waals surface area contributed by atoms with Crippen LogP contribution in [0.25, 0.3) is 10.2 Å². The first-order valence-corrected chi connectivity index (χ1v) is 8.60. The highest BCUT2D eigenvalue weighted by molar-refractivity contribution is 7.22. The van der Waals surface area contributed by atoms with Gasteiger partial charge < -0.3 is 15.4 Å². The van der Waals surface area contributed by atoms with E-state index in [2.05, 4.69) is 15.6 Å². The van der Waals surface area contributed by atoms with E-state index in [4.69, 9.17) is 4.74 Å². The van der Waals surface area contributed by atoms with E-state index in [0.717, 1.165) is 10.3 Å². The molecule has 3 aromatic rings. The largest absolute Gasteiger partial charge is 0.494 e. The molecule has 0 aliphatic carbocycles. The number of carbonyl (C=O) groups is 2. The van der Waals surface area contributed by atoms with Crippen molar-refractivity contribution in [2.45, 2.75) is 12.3 Å². The van der Waals surface area contributed by atoms with Gasteiger partial charge in [0.15, 0.2) is 5.13 Å². The van der Waals surface area contributed by atoms with Crippen molar-refractivity contribution in [3.05, 3.63) is 48.0 Å². The molecule has 1 aliphatic heterocycles. The van der Waals surface area contributed by atoms with Gasteiger partial charge in [0.2, 0.25) is 11.8 Å². The Morgan fingerprint density at radius 2 is 2.12 bits per heavy atom. The summed E-state index contributed by atoms with van der Waals surface area (Å²) in [5, 5.41) is 6.14. The quantitative estimate of drug-likeness (QED) is 0.756. The summed E-state index contributed by atoms with van der Waals surface area (Å²) in [7, 11) is 1.59. The van der Waals surface area contributed by atoms with Gasteiger partial charge in [-0.05, 0) is 23.8 Å². The van der Waals surface area contributed by atoms with Crippen LogP contribution in [-0.4, -0.2) is 23.9 Å². The van der Waals surface area contributed by atoms with Crippen molar-refractivity contribution in [3.63, 3.8) is 0 Å². The van der Waals surface area contributed by atoms with Gasteiger partial charge in [-0.2, -0.15) is 0 Å². The molecule has 0 saturated heterocycles. The number of thiazole rings is 1. The lowest BCUT2D eigenvalue weighted by molar-refractivity contribution is -0.123. The number of nitrogens with zero attached hydrogens (tertiary/aromatic N) is 1. The molecular weight excluding hydrogens is 338 g/mol. The van der Waals surface area contributed by atoms with Crippen molar-refractivity contribution in [1.29, 1.82) is 0 Å². The Labute approximate surface area is 147 Å². The Morgan fingerprint density at radius 3 is 2.96 bits per heavy atom. The zero-order chi connectivity index (χ0) is 17.4. The Hall–Kier alpha value is -2.93. The van der Waals surface area contributed by atoms with Crippen LogP contribution in [0.15, 0.2) is 42.5 Å². The van der Waals surface area contributed by atoms with Crippen LogP contribution in [0, 0.1) is 0 Å². The summed E-state index contributed by atoms with van der Waals surface area (Å²) in [6.07, 6.45) is 0.122. The van der Waals surface area contributed by atoms with Crippen LogP contribution in [0.5, 0.6) is 5.75 Å². The van der Waals surface area contributed by atoms with Gasteiger partial charge in [-0.3, -0.25) is 9.59 Å². The maximum absolute atomic E-state index is 12.8. The van der Waals surface area contributed by atoms with Gasteiger partial charge in [0.25, 0.3) is 0 Å². The van der Waals surface area contributed by atoms with Crippen molar-refractivity contribution in [2.75, 3.05) is 17.7 Å². The van der Waals surface area contributed by atoms with Gasteiger partial charge in [-0.15, -0.1) is 0 Å². The number of carbonyl (C=O) groups excluding carboxylic acids is 2. The molecule has 1 aliphatic rings. The molecular formula is C18H15N3O3S. The fourth-order valence-electron chi connectivity index (χ4n) is 2.98. The maximum Gasteiger partial charge on any atom is 0.234 e. The van der Waals surface area contributed by atoms with Gasteiger partial charge in [0.1, 0.15) is 11.3 Å². The normalized spacial score (nSPS) is 16.2. The molecule has 1 atom stereocenters. The van der Waals surface area contributed by atoms with E-state index < -0.39 is 5.92 Å². The first-order chi connectivity index (χ1) is 12.2. The van der Waals surface area contributed by atoms with Gasteiger partial charge in [-0.1, -0.05) is 35.6 Å². The molecule has 1 unspecified atom stereocenters.